The predicted octanol–water partition coefficient (Wildman–Crippen LogP) is 1.35. The topological polar surface area (TPSA) is 78.6 Å². The molecule has 2 rings (SSSR count). The summed E-state index contributed by atoms with van der Waals surface area (Å²) in [6, 6.07) is 6.72. The maximum Gasteiger partial charge on any atom is 0.274 e. The summed E-state index contributed by atoms with van der Waals surface area (Å²) in [7, 11) is 0. The molecule has 1 aromatic carbocycles. The zero-order valence-electron chi connectivity index (χ0n) is 11.2. The molecule has 1 aliphatic rings. The zero-order valence-corrected chi connectivity index (χ0v) is 12.0. The molecule has 1 heterocycles. The average molecular weight is 302 g/mol. The van der Waals surface area contributed by atoms with E-state index in [9.17, 15) is 15.2 Å². The van der Waals surface area contributed by atoms with E-state index in [1.165, 1.54) is 6.07 Å². The van der Waals surface area contributed by atoms with Gasteiger partial charge in [-0.1, -0.05) is 18.2 Å². The Balaban J connectivity index is 0.00000200. The van der Waals surface area contributed by atoms with E-state index < -0.39 is 0 Å². The minimum Gasteiger partial charge on any atom is -0.396 e. The monoisotopic (exact) mass is 301 g/mol. The number of nitro benzene ring substituents is 1. The third-order valence-electron chi connectivity index (χ3n) is 3.49. The molecule has 0 spiro atoms. The number of nitrogens with zero attached hydrogens (tertiary/aromatic N) is 2. The third kappa shape index (κ3) is 3.89. The number of hydrogen-bond acceptors (Lipinski definition) is 5. The molecule has 112 valence electrons. The van der Waals surface area contributed by atoms with Gasteiger partial charge in [-0.05, 0) is 6.42 Å². The highest BCUT2D eigenvalue weighted by Crippen LogP contribution is 2.31. The van der Waals surface area contributed by atoms with Crippen LogP contribution in [0.5, 0.6) is 0 Å². The van der Waals surface area contributed by atoms with Crippen molar-refractivity contribution in [3.63, 3.8) is 0 Å². The molecule has 0 aliphatic carbocycles. The van der Waals surface area contributed by atoms with E-state index in [4.69, 9.17) is 0 Å². The van der Waals surface area contributed by atoms with Gasteiger partial charge in [-0.15, -0.1) is 12.4 Å². The van der Waals surface area contributed by atoms with Crippen LogP contribution in [0, 0.1) is 10.1 Å². The Morgan fingerprint density at radius 2 is 2.00 bits per heavy atom. The van der Waals surface area contributed by atoms with E-state index in [1.54, 1.807) is 12.1 Å². The molecule has 20 heavy (non-hydrogen) atoms. The van der Waals surface area contributed by atoms with Crippen LogP contribution in [0.3, 0.4) is 0 Å². The number of nitro groups is 1. The molecule has 0 saturated carbocycles. The first-order valence-corrected chi connectivity index (χ1v) is 6.53. The number of aliphatic hydroxyl groups excluding tert-OH is 1. The number of halogens is 1. The van der Waals surface area contributed by atoms with Gasteiger partial charge in [-0.25, -0.2) is 0 Å². The highest BCUT2D eigenvalue weighted by molar-refractivity contribution is 5.85. The average Bonchev–Trinajstić information content (AvgIpc) is 2.45. The minimum atomic E-state index is -0.345. The van der Waals surface area contributed by atoms with Gasteiger partial charge in [-0.3, -0.25) is 15.0 Å². The Bertz CT molecular complexity index is 439. The lowest BCUT2D eigenvalue weighted by Crippen LogP contribution is -2.45. The number of aliphatic hydroxyl groups is 1. The van der Waals surface area contributed by atoms with Crippen molar-refractivity contribution in [3.8, 4) is 0 Å². The number of hydrogen-bond donors (Lipinski definition) is 2. The van der Waals surface area contributed by atoms with E-state index in [0.717, 1.165) is 26.2 Å². The van der Waals surface area contributed by atoms with Crippen LogP contribution < -0.4 is 5.32 Å². The molecule has 7 heteroatoms. The van der Waals surface area contributed by atoms with Crippen molar-refractivity contribution in [1.82, 2.24) is 10.2 Å². The van der Waals surface area contributed by atoms with Gasteiger partial charge >= 0.3 is 0 Å². The second-order valence-electron chi connectivity index (χ2n) is 4.63. The summed E-state index contributed by atoms with van der Waals surface area (Å²) in [4.78, 5) is 13.0. The fourth-order valence-corrected chi connectivity index (χ4v) is 2.59. The fourth-order valence-electron chi connectivity index (χ4n) is 2.59. The van der Waals surface area contributed by atoms with Gasteiger partial charge in [0.2, 0.25) is 0 Å². The number of benzene rings is 1. The van der Waals surface area contributed by atoms with Crippen molar-refractivity contribution in [1.29, 1.82) is 0 Å². The van der Waals surface area contributed by atoms with Gasteiger partial charge in [0.05, 0.1) is 4.92 Å². The molecule has 1 atom stereocenters. The molecule has 6 nitrogen and oxygen atoms in total. The van der Waals surface area contributed by atoms with Crippen LogP contribution in [0.1, 0.15) is 18.0 Å². The second-order valence-corrected chi connectivity index (χ2v) is 4.63. The Kier molecular flexibility index (Phi) is 6.87. The minimum absolute atomic E-state index is 0. The molecular weight excluding hydrogens is 282 g/mol. The highest BCUT2D eigenvalue weighted by atomic mass is 35.5. The Morgan fingerprint density at radius 1 is 1.35 bits per heavy atom. The first-order chi connectivity index (χ1) is 9.24. The molecular formula is C13H20ClN3O3. The predicted molar refractivity (Wildman–Crippen MR) is 79.2 cm³/mol. The summed E-state index contributed by atoms with van der Waals surface area (Å²) in [5.41, 5.74) is 0.836. The Morgan fingerprint density at radius 3 is 2.60 bits per heavy atom. The highest BCUT2D eigenvalue weighted by Gasteiger charge is 2.27. The Hall–Kier alpha value is -1.21. The summed E-state index contributed by atoms with van der Waals surface area (Å²) >= 11 is 0. The van der Waals surface area contributed by atoms with Crippen molar-refractivity contribution in [3.05, 3.63) is 39.9 Å². The SMILES string of the molecule is Cl.O=[N+]([O-])c1ccccc1[C@H](CCO)N1CCNCC1. The van der Waals surface area contributed by atoms with Crippen LogP contribution in [0.4, 0.5) is 5.69 Å². The summed E-state index contributed by atoms with van der Waals surface area (Å²) in [5, 5.41) is 23.6. The van der Waals surface area contributed by atoms with Crippen LogP contribution in [-0.2, 0) is 0 Å². The van der Waals surface area contributed by atoms with E-state index in [1.807, 2.05) is 6.07 Å². The standard InChI is InChI=1S/C13H19N3O3.ClH/c17-10-5-12(15-8-6-14-7-9-15)11-3-1-2-4-13(11)16(18)19;/h1-4,12,14,17H,5-10H2;1H/t12-;/m0./s1. The lowest BCUT2D eigenvalue weighted by atomic mass is 9.99. The zero-order chi connectivity index (χ0) is 13.7. The first kappa shape index (κ1) is 16.8. The van der Waals surface area contributed by atoms with Crippen LogP contribution >= 0.6 is 12.4 Å². The quantitative estimate of drug-likeness (QED) is 0.634. The van der Waals surface area contributed by atoms with Gasteiger partial charge in [0.1, 0.15) is 0 Å². The smallest absolute Gasteiger partial charge is 0.274 e. The molecule has 1 saturated heterocycles. The number of rotatable bonds is 5. The van der Waals surface area contributed by atoms with Gasteiger partial charge in [0.15, 0.2) is 0 Å². The van der Waals surface area contributed by atoms with Crippen molar-refractivity contribution in [2.75, 3.05) is 32.8 Å². The lowest BCUT2D eigenvalue weighted by Gasteiger charge is -2.34. The molecule has 0 radical (unpaired) electrons. The van der Waals surface area contributed by atoms with Crippen molar-refractivity contribution in [2.45, 2.75) is 12.5 Å². The van der Waals surface area contributed by atoms with E-state index >= 15 is 0 Å². The van der Waals surface area contributed by atoms with Crippen molar-refractivity contribution in [2.24, 2.45) is 0 Å². The van der Waals surface area contributed by atoms with E-state index in [2.05, 4.69) is 10.2 Å². The summed E-state index contributed by atoms with van der Waals surface area (Å²) in [6.07, 6.45) is 0.519. The molecule has 0 bridgehead atoms. The Labute approximate surface area is 124 Å². The van der Waals surface area contributed by atoms with Gasteiger partial charge in [0.25, 0.3) is 5.69 Å². The van der Waals surface area contributed by atoms with E-state index in [-0.39, 0.29) is 35.7 Å². The second kappa shape index (κ2) is 8.16. The maximum atomic E-state index is 11.1. The number of nitrogens with one attached hydrogen (secondary N) is 1. The van der Waals surface area contributed by atoms with Crippen molar-refractivity contribution < 1.29 is 10.0 Å². The van der Waals surface area contributed by atoms with Gasteiger partial charge in [-0.2, -0.15) is 0 Å². The maximum absolute atomic E-state index is 11.1. The summed E-state index contributed by atoms with van der Waals surface area (Å²) in [5.74, 6) is 0. The van der Waals surface area contributed by atoms with Crippen LogP contribution in [0.15, 0.2) is 24.3 Å². The molecule has 2 N–H and O–H groups in total. The summed E-state index contributed by atoms with van der Waals surface area (Å²) in [6.45, 7) is 3.47. The third-order valence-corrected chi connectivity index (χ3v) is 3.49. The summed E-state index contributed by atoms with van der Waals surface area (Å²) < 4.78 is 0. The first-order valence-electron chi connectivity index (χ1n) is 6.53. The molecule has 0 amide bonds. The fraction of sp³-hybridized carbons (Fsp3) is 0.538. The van der Waals surface area contributed by atoms with Crippen LogP contribution in [0.25, 0.3) is 0 Å². The van der Waals surface area contributed by atoms with Gasteiger partial charge in [0, 0.05) is 50.5 Å². The molecule has 0 unspecified atom stereocenters. The number of para-hydroxylation sites is 1. The van der Waals surface area contributed by atoms with Crippen LogP contribution in [0.2, 0.25) is 0 Å². The molecule has 0 aromatic heterocycles. The molecule has 1 fully saturated rings. The van der Waals surface area contributed by atoms with E-state index in [0.29, 0.717) is 12.0 Å². The molecule has 1 aromatic rings. The van der Waals surface area contributed by atoms with Crippen LogP contribution in [-0.4, -0.2) is 47.7 Å². The molecule has 1 aliphatic heterocycles. The lowest BCUT2D eigenvalue weighted by molar-refractivity contribution is -0.386. The number of piperazine rings is 1. The van der Waals surface area contributed by atoms with Gasteiger partial charge < -0.3 is 10.4 Å². The van der Waals surface area contributed by atoms with Crippen molar-refractivity contribution >= 4 is 18.1 Å². The largest absolute Gasteiger partial charge is 0.396 e. The normalized spacial score (nSPS) is 17.2.